The smallest absolute Gasteiger partial charge is 0.236 e. The molecular weight excluding hydrogens is 246 g/mol. The van der Waals surface area contributed by atoms with E-state index in [0.29, 0.717) is 19.7 Å². The van der Waals surface area contributed by atoms with Gasteiger partial charge in [-0.2, -0.15) is 0 Å². The molecule has 0 saturated carbocycles. The van der Waals surface area contributed by atoms with Gasteiger partial charge in [-0.15, -0.1) is 0 Å². The zero-order valence-electron chi connectivity index (χ0n) is 9.05. The Bertz CT molecular complexity index is 218. The van der Waals surface area contributed by atoms with Crippen molar-refractivity contribution in [3.8, 4) is 0 Å². The highest BCUT2D eigenvalue weighted by molar-refractivity contribution is 9.10. The number of nitrogens with zero attached hydrogens (tertiary/aromatic N) is 1. The molecule has 82 valence electrons. The van der Waals surface area contributed by atoms with Crippen LogP contribution < -0.4 is 0 Å². The maximum Gasteiger partial charge on any atom is 0.236 e. The van der Waals surface area contributed by atoms with E-state index < -0.39 is 0 Å². The van der Waals surface area contributed by atoms with Gasteiger partial charge in [-0.3, -0.25) is 4.79 Å². The second-order valence-corrected chi connectivity index (χ2v) is 5.35. The Morgan fingerprint density at radius 3 is 2.79 bits per heavy atom. The third-order valence-corrected chi connectivity index (χ3v) is 3.40. The molecule has 1 heterocycles. The van der Waals surface area contributed by atoms with E-state index in [1.807, 2.05) is 25.7 Å². The monoisotopic (exact) mass is 263 g/mol. The summed E-state index contributed by atoms with van der Waals surface area (Å²) in [4.78, 5) is 13.7. The normalized spacial score (nSPS) is 23.3. The standard InChI is InChI=1S/C10H18BrNO2/c1-4-8(11)9(13)12-5-6-14-10(2,3)7-12/h8H,4-7H2,1-3H3. The third kappa shape index (κ3) is 2.95. The molecule has 0 spiro atoms. The van der Waals surface area contributed by atoms with Crippen molar-refractivity contribution in [1.29, 1.82) is 0 Å². The van der Waals surface area contributed by atoms with Gasteiger partial charge in [0.15, 0.2) is 0 Å². The Labute approximate surface area is 93.9 Å². The summed E-state index contributed by atoms with van der Waals surface area (Å²) in [6.45, 7) is 8.08. The number of amides is 1. The van der Waals surface area contributed by atoms with Gasteiger partial charge in [-0.05, 0) is 20.3 Å². The van der Waals surface area contributed by atoms with Crippen LogP contribution in [0.25, 0.3) is 0 Å². The van der Waals surface area contributed by atoms with Crippen LogP contribution in [0.3, 0.4) is 0 Å². The highest BCUT2D eigenvalue weighted by Crippen LogP contribution is 2.19. The summed E-state index contributed by atoms with van der Waals surface area (Å²) in [6.07, 6.45) is 0.830. The average Bonchev–Trinajstić information content (AvgIpc) is 2.14. The minimum absolute atomic E-state index is 0.0450. The SMILES string of the molecule is CCC(Br)C(=O)N1CCOC(C)(C)C1. The number of morpholine rings is 1. The second kappa shape index (κ2) is 4.62. The lowest BCUT2D eigenvalue weighted by Gasteiger charge is -2.38. The highest BCUT2D eigenvalue weighted by Gasteiger charge is 2.31. The van der Waals surface area contributed by atoms with Gasteiger partial charge < -0.3 is 9.64 Å². The molecule has 1 unspecified atom stereocenters. The maximum absolute atomic E-state index is 11.8. The number of carbonyl (C=O) groups is 1. The summed E-state index contributed by atoms with van der Waals surface area (Å²) < 4.78 is 5.55. The first-order valence-electron chi connectivity index (χ1n) is 5.03. The van der Waals surface area contributed by atoms with Gasteiger partial charge in [-0.25, -0.2) is 0 Å². The largest absolute Gasteiger partial charge is 0.372 e. The molecule has 1 amide bonds. The van der Waals surface area contributed by atoms with Crippen LogP contribution in [-0.2, 0) is 9.53 Å². The minimum atomic E-state index is -0.200. The number of carbonyl (C=O) groups excluding carboxylic acids is 1. The van der Waals surface area contributed by atoms with Gasteiger partial charge in [0, 0.05) is 13.1 Å². The number of hydrogen-bond donors (Lipinski definition) is 0. The highest BCUT2D eigenvalue weighted by atomic mass is 79.9. The van der Waals surface area contributed by atoms with E-state index in [2.05, 4.69) is 15.9 Å². The van der Waals surface area contributed by atoms with Crippen molar-refractivity contribution < 1.29 is 9.53 Å². The first-order chi connectivity index (χ1) is 6.46. The lowest BCUT2D eigenvalue weighted by Crippen LogP contribution is -2.52. The summed E-state index contributed by atoms with van der Waals surface area (Å²) in [7, 11) is 0. The Balaban J connectivity index is 2.56. The summed E-state index contributed by atoms with van der Waals surface area (Å²) in [5.41, 5.74) is -0.200. The fourth-order valence-corrected chi connectivity index (χ4v) is 1.87. The van der Waals surface area contributed by atoms with E-state index in [1.54, 1.807) is 0 Å². The predicted octanol–water partition coefficient (Wildman–Crippen LogP) is 1.80. The number of ether oxygens (including phenoxy) is 1. The molecule has 4 heteroatoms. The number of rotatable bonds is 2. The van der Waals surface area contributed by atoms with Crippen LogP contribution in [0, 0.1) is 0 Å². The molecule has 0 N–H and O–H groups in total. The van der Waals surface area contributed by atoms with Crippen molar-refractivity contribution in [2.75, 3.05) is 19.7 Å². The molecular formula is C10H18BrNO2. The lowest BCUT2D eigenvalue weighted by molar-refractivity contribution is -0.145. The lowest BCUT2D eigenvalue weighted by atomic mass is 10.1. The van der Waals surface area contributed by atoms with Crippen molar-refractivity contribution in [2.45, 2.75) is 37.6 Å². The topological polar surface area (TPSA) is 29.5 Å². The second-order valence-electron chi connectivity index (χ2n) is 4.24. The molecule has 0 aromatic heterocycles. The first-order valence-corrected chi connectivity index (χ1v) is 5.94. The average molecular weight is 264 g/mol. The summed E-state index contributed by atoms with van der Waals surface area (Å²) in [5.74, 6) is 0.184. The van der Waals surface area contributed by atoms with E-state index in [-0.39, 0.29) is 16.3 Å². The zero-order chi connectivity index (χ0) is 10.8. The van der Waals surface area contributed by atoms with Crippen molar-refractivity contribution in [1.82, 2.24) is 4.90 Å². The van der Waals surface area contributed by atoms with E-state index in [4.69, 9.17) is 4.74 Å². The fraction of sp³-hybridized carbons (Fsp3) is 0.900. The molecule has 1 aliphatic heterocycles. The van der Waals surface area contributed by atoms with Crippen LogP contribution in [0.15, 0.2) is 0 Å². The van der Waals surface area contributed by atoms with Crippen LogP contribution in [0.2, 0.25) is 0 Å². The molecule has 0 aromatic rings. The van der Waals surface area contributed by atoms with E-state index in [0.717, 1.165) is 6.42 Å². The Hall–Kier alpha value is -0.0900. The van der Waals surface area contributed by atoms with Gasteiger partial charge in [-0.1, -0.05) is 22.9 Å². The number of halogens is 1. The molecule has 1 rings (SSSR count). The molecule has 0 bridgehead atoms. The molecule has 0 radical (unpaired) electrons. The zero-order valence-corrected chi connectivity index (χ0v) is 10.6. The Morgan fingerprint density at radius 2 is 2.29 bits per heavy atom. The molecule has 3 nitrogen and oxygen atoms in total. The minimum Gasteiger partial charge on any atom is -0.372 e. The van der Waals surface area contributed by atoms with Crippen LogP contribution >= 0.6 is 15.9 Å². The van der Waals surface area contributed by atoms with Crippen LogP contribution in [0.5, 0.6) is 0 Å². The van der Waals surface area contributed by atoms with Gasteiger partial charge in [0.25, 0.3) is 0 Å². The van der Waals surface area contributed by atoms with Crippen molar-refractivity contribution >= 4 is 21.8 Å². The summed E-state index contributed by atoms with van der Waals surface area (Å²) >= 11 is 3.38. The van der Waals surface area contributed by atoms with Crippen molar-refractivity contribution in [2.24, 2.45) is 0 Å². The van der Waals surface area contributed by atoms with Crippen LogP contribution in [0.1, 0.15) is 27.2 Å². The quantitative estimate of drug-likeness (QED) is 0.712. The first kappa shape index (κ1) is 12.0. The summed E-state index contributed by atoms with van der Waals surface area (Å²) in [5, 5.41) is 0. The molecule has 14 heavy (non-hydrogen) atoms. The van der Waals surface area contributed by atoms with Gasteiger partial charge >= 0.3 is 0 Å². The van der Waals surface area contributed by atoms with Gasteiger partial charge in [0.2, 0.25) is 5.91 Å². The Morgan fingerprint density at radius 1 is 1.64 bits per heavy atom. The number of hydrogen-bond acceptors (Lipinski definition) is 2. The third-order valence-electron chi connectivity index (χ3n) is 2.36. The van der Waals surface area contributed by atoms with Gasteiger partial charge in [0.1, 0.15) is 0 Å². The molecule has 1 atom stereocenters. The predicted molar refractivity (Wildman–Crippen MR) is 59.6 cm³/mol. The maximum atomic E-state index is 11.8. The van der Waals surface area contributed by atoms with Crippen LogP contribution in [0.4, 0.5) is 0 Å². The van der Waals surface area contributed by atoms with Crippen LogP contribution in [-0.4, -0.2) is 40.9 Å². The molecule has 1 aliphatic rings. The molecule has 1 fully saturated rings. The molecule has 1 saturated heterocycles. The van der Waals surface area contributed by atoms with E-state index >= 15 is 0 Å². The summed E-state index contributed by atoms with van der Waals surface area (Å²) in [6, 6.07) is 0. The molecule has 0 aliphatic carbocycles. The van der Waals surface area contributed by atoms with E-state index in [1.165, 1.54) is 0 Å². The van der Waals surface area contributed by atoms with Crippen molar-refractivity contribution in [3.63, 3.8) is 0 Å². The van der Waals surface area contributed by atoms with Gasteiger partial charge in [0.05, 0.1) is 17.0 Å². The van der Waals surface area contributed by atoms with E-state index in [9.17, 15) is 4.79 Å². The Kier molecular flexibility index (Phi) is 3.95. The fourth-order valence-electron chi connectivity index (χ4n) is 1.58. The number of alkyl halides is 1. The molecule has 0 aromatic carbocycles. The van der Waals surface area contributed by atoms with Crippen molar-refractivity contribution in [3.05, 3.63) is 0 Å².